The first-order chi connectivity index (χ1) is 10.3. The van der Waals surface area contributed by atoms with Crippen LogP contribution in [0.4, 0.5) is 0 Å². The van der Waals surface area contributed by atoms with E-state index in [1.54, 1.807) is 0 Å². The summed E-state index contributed by atoms with van der Waals surface area (Å²) in [6, 6.07) is 2.98. The SMILES string of the molecule is O=C([O-])c1cccc(C(=O)OCCOCCO)c1S(=O)(=O)O.[Na+]. The topological polar surface area (TPSA) is 150 Å². The molecule has 0 bridgehead atoms. The summed E-state index contributed by atoms with van der Waals surface area (Å²) >= 11 is 0. The molecule has 122 valence electrons. The Balaban J connectivity index is 0.00000484. The molecule has 0 spiro atoms. The van der Waals surface area contributed by atoms with Gasteiger partial charge in [-0.2, -0.15) is 8.42 Å². The Morgan fingerprint density at radius 2 is 1.74 bits per heavy atom. The molecular weight excluding hydrogens is 343 g/mol. The van der Waals surface area contributed by atoms with Crippen molar-refractivity contribution in [2.24, 2.45) is 0 Å². The zero-order chi connectivity index (χ0) is 16.8. The summed E-state index contributed by atoms with van der Waals surface area (Å²) in [7, 11) is -4.98. The van der Waals surface area contributed by atoms with E-state index >= 15 is 0 Å². The number of hydrogen-bond donors (Lipinski definition) is 2. The third kappa shape index (κ3) is 6.55. The fraction of sp³-hybridized carbons (Fsp3) is 0.333. The molecule has 0 heterocycles. The van der Waals surface area contributed by atoms with Crippen molar-refractivity contribution >= 4 is 22.1 Å². The number of ether oxygens (including phenoxy) is 2. The van der Waals surface area contributed by atoms with Crippen LogP contribution in [0, 0.1) is 0 Å². The number of carbonyl (C=O) groups is 2. The van der Waals surface area contributed by atoms with E-state index in [0.717, 1.165) is 18.2 Å². The monoisotopic (exact) mass is 356 g/mol. The molecule has 0 saturated carbocycles. The van der Waals surface area contributed by atoms with E-state index in [2.05, 4.69) is 0 Å². The first-order valence-corrected chi connectivity index (χ1v) is 7.40. The quantitative estimate of drug-likeness (QED) is 0.203. The molecule has 1 aromatic carbocycles. The molecule has 0 amide bonds. The molecule has 0 aromatic heterocycles. The second-order valence-electron chi connectivity index (χ2n) is 3.92. The molecule has 1 rings (SSSR count). The third-order valence-corrected chi connectivity index (χ3v) is 3.37. The maximum Gasteiger partial charge on any atom is 1.00 e. The Morgan fingerprint density at radius 1 is 1.13 bits per heavy atom. The Hall–Kier alpha value is -1.01. The number of carbonyl (C=O) groups excluding carboxylic acids is 2. The zero-order valence-corrected chi connectivity index (χ0v) is 15.0. The summed E-state index contributed by atoms with van der Waals surface area (Å²) in [6.07, 6.45) is 0. The maximum absolute atomic E-state index is 11.8. The zero-order valence-electron chi connectivity index (χ0n) is 12.2. The van der Waals surface area contributed by atoms with Gasteiger partial charge in [0.2, 0.25) is 0 Å². The number of aromatic carboxylic acids is 1. The number of carboxylic acids is 1. The van der Waals surface area contributed by atoms with E-state index in [0.29, 0.717) is 0 Å². The molecule has 0 atom stereocenters. The van der Waals surface area contributed by atoms with Crippen LogP contribution in [0.25, 0.3) is 0 Å². The summed E-state index contributed by atoms with van der Waals surface area (Å²) < 4.78 is 41.3. The van der Waals surface area contributed by atoms with Crippen LogP contribution < -0.4 is 34.7 Å². The fourth-order valence-electron chi connectivity index (χ4n) is 1.57. The number of aliphatic hydroxyl groups excluding tert-OH is 1. The van der Waals surface area contributed by atoms with Gasteiger partial charge < -0.3 is 24.5 Å². The second kappa shape index (κ2) is 9.98. The molecule has 0 radical (unpaired) electrons. The summed E-state index contributed by atoms with van der Waals surface area (Å²) in [5.74, 6) is -3.02. The standard InChI is InChI=1S/C12H14O9S.Na/c13-4-5-20-6-7-21-12(16)9-3-1-2-8(11(14)15)10(9)22(17,18)19;/h1-3,13H,4-7H2,(H,14,15)(H,17,18,19);/q;+1/p-1. The Morgan fingerprint density at radius 3 is 2.26 bits per heavy atom. The Labute approximate surface area is 154 Å². The van der Waals surface area contributed by atoms with Crippen molar-refractivity contribution in [2.45, 2.75) is 4.90 Å². The number of carboxylic acid groups (broad SMARTS) is 1. The van der Waals surface area contributed by atoms with Gasteiger partial charge in [0.25, 0.3) is 10.1 Å². The van der Waals surface area contributed by atoms with Crippen molar-refractivity contribution in [3.8, 4) is 0 Å². The predicted molar refractivity (Wildman–Crippen MR) is 68.8 cm³/mol. The van der Waals surface area contributed by atoms with Gasteiger partial charge >= 0.3 is 35.5 Å². The van der Waals surface area contributed by atoms with Crippen molar-refractivity contribution < 1.29 is 71.8 Å². The van der Waals surface area contributed by atoms with Crippen molar-refractivity contribution in [2.75, 3.05) is 26.4 Å². The van der Waals surface area contributed by atoms with Crippen LogP contribution in [0.15, 0.2) is 23.1 Å². The van der Waals surface area contributed by atoms with Gasteiger partial charge in [-0.15, -0.1) is 0 Å². The van der Waals surface area contributed by atoms with E-state index in [1.807, 2.05) is 0 Å². The van der Waals surface area contributed by atoms with Gasteiger partial charge in [-0.3, -0.25) is 4.55 Å². The summed E-state index contributed by atoms with van der Waals surface area (Å²) in [5.41, 5.74) is -1.49. The van der Waals surface area contributed by atoms with Gasteiger partial charge in [0.15, 0.2) is 0 Å². The van der Waals surface area contributed by atoms with Crippen LogP contribution in [0.5, 0.6) is 0 Å². The van der Waals surface area contributed by atoms with Gasteiger partial charge in [-0.05, 0) is 6.07 Å². The molecule has 11 heteroatoms. The molecule has 0 fully saturated rings. The second-order valence-corrected chi connectivity index (χ2v) is 5.28. The molecule has 0 aliphatic rings. The van der Waals surface area contributed by atoms with Crippen LogP contribution in [0.2, 0.25) is 0 Å². The van der Waals surface area contributed by atoms with Crippen LogP contribution in [-0.4, -0.2) is 56.4 Å². The van der Waals surface area contributed by atoms with E-state index in [1.165, 1.54) is 0 Å². The third-order valence-electron chi connectivity index (χ3n) is 2.41. The smallest absolute Gasteiger partial charge is 0.545 e. The summed E-state index contributed by atoms with van der Waals surface area (Å²) in [6.45, 7) is -0.477. The first-order valence-electron chi connectivity index (χ1n) is 5.96. The normalized spacial score (nSPS) is 10.7. The predicted octanol–water partition coefficient (Wildman–Crippen LogP) is -4.53. The number of hydrogen-bond acceptors (Lipinski definition) is 8. The largest absolute Gasteiger partial charge is 1.00 e. The molecule has 9 nitrogen and oxygen atoms in total. The number of esters is 1. The molecule has 23 heavy (non-hydrogen) atoms. The van der Waals surface area contributed by atoms with Gasteiger partial charge in [0, 0.05) is 5.56 Å². The van der Waals surface area contributed by atoms with Crippen molar-refractivity contribution in [3.63, 3.8) is 0 Å². The minimum absolute atomic E-state index is 0. The molecule has 0 saturated heterocycles. The molecule has 0 aliphatic heterocycles. The number of benzene rings is 1. The number of rotatable bonds is 8. The molecule has 0 aliphatic carbocycles. The minimum Gasteiger partial charge on any atom is -0.545 e. The maximum atomic E-state index is 11.8. The van der Waals surface area contributed by atoms with Crippen LogP contribution in [0.1, 0.15) is 20.7 Å². The summed E-state index contributed by atoms with van der Waals surface area (Å²) in [5, 5.41) is 19.4. The number of aliphatic hydroxyl groups is 1. The van der Waals surface area contributed by atoms with Gasteiger partial charge in [-0.1, -0.05) is 12.1 Å². The Kier molecular flexibility index (Phi) is 9.54. The Bertz CT molecular complexity index is 656. The molecule has 1 aromatic rings. The van der Waals surface area contributed by atoms with Crippen molar-refractivity contribution in [3.05, 3.63) is 29.3 Å². The molecule has 2 N–H and O–H groups in total. The van der Waals surface area contributed by atoms with Crippen molar-refractivity contribution in [1.29, 1.82) is 0 Å². The van der Waals surface area contributed by atoms with Crippen LogP contribution >= 0.6 is 0 Å². The van der Waals surface area contributed by atoms with E-state index in [4.69, 9.17) is 19.1 Å². The molecular formula is C12H13NaO9S. The van der Waals surface area contributed by atoms with Crippen molar-refractivity contribution in [1.82, 2.24) is 0 Å². The van der Waals surface area contributed by atoms with E-state index in [-0.39, 0.29) is 56.0 Å². The van der Waals surface area contributed by atoms with Crippen LogP contribution in [-0.2, 0) is 19.6 Å². The van der Waals surface area contributed by atoms with E-state index in [9.17, 15) is 23.1 Å². The van der Waals surface area contributed by atoms with Crippen LogP contribution in [0.3, 0.4) is 0 Å². The first kappa shape index (κ1) is 22.0. The van der Waals surface area contributed by atoms with Gasteiger partial charge in [0.1, 0.15) is 11.5 Å². The fourth-order valence-corrected chi connectivity index (χ4v) is 2.43. The van der Waals surface area contributed by atoms with E-state index < -0.39 is 38.1 Å². The van der Waals surface area contributed by atoms with Gasteiger partial charge in [-0.25, -0.2) is 4.79 Å². The van der Waals surface area contributed by atoms with Gasteiger partial charge in [0.05, 0.1) is 31.4 Å². The molecule has 0 unspecified atom stereocenters. The minimum atomic E-state index is -4.98. The summed E-state index contributed by atoms with van der Waals surface area (Å²) in [4.78, 5) is 21.6. The average Bonchev–Trinajstić information content (AvgIpc) is 2.45. The average molecular weight is 356 g/mol.